The molecule has 1 aromatic carbocycles. The fourth-order valence-electron chi connectivity index (χ4n) is 3.31. The van der Waals surface area contributed by atoms with Gasteiger partial charge in [0.15, 0.2) is 17.4 Å². The molecule has 0 spiro atoms. The van der Waals surface area contributed by atoms with Crippen LogP contribution in [-0.2, 0) is 16.1 Å². The van der Waals surface area contributed by atoms with Crippen LogP contribution in [0.25, 0.3) is 11.0 Å². The summed E-state index contributed by atoms with van der Waals surface area (Å²) in [6.45, 7) is 5.97. The number of morpholine rings is 1. The van der Waals surface area contributed by atoms with Gasteiger partial charge in [0.25, 0.3) is 5.91 Å². The Kier molecular flexibility index (Phi) is 7.21. The lowest BCUT2D eigenvalue weighted by Gasteiger charge is -2.28. The predicted octanol–water partition coefficient (Wildman–Crippen LogP) is 1.97. The minimum absolute atomic E-state index is 0.0233. The standard InChI is InChI=1S/C21H26N6O3S/c1-2-31-21-24-19(26-10-12-29-13-11-26)17-14-23-27(20(17)25-21)9-8-22-18(28)15-30-16-6-4-3-5-7-16/h3-7,14H,2,8-13,15H2,1H3,(H,22,28). The molecule has 4 rings (SSSR count). The molecular weight excluding hydrogens is 416 g/mol. The molecule has 0 unspecified atom stereocenters. The number of hydrogen-bond acceptors (Lipinski definition) is 8. The summed E-state index contributed by atoms with van der Waals surface area (Å²) in [4.78, 5) is 23.8. The fourth-order valence-corrected chi connectivity index (χ4v) is 3.87. The maximum Gasteiger partial charge on any atom is 0.258 e. The van der Waals surface area contributed by atoms with Crippen molar-refractivity contribution in [2.24, 2.45) is 0 Å². The van der Waals surface area contributed by atoms with E-state index in [4.69, 9.17) is 19.4 Å². The third-order valence-corrected chi connectivity index (χ3v) is 5.53. The van der Waals surface area contributed by atoms with Crippen LogP contribution >= 0.6 is 11.8 Å². The van der Waals surface area contributed by atoms with Crippen LogP contribution in [0.3, 0.4) is 0 Å². The lowest BCUT2D eigenvalue weighted by Crippen LogP contribution is -2.37. The molecule has 0 aliphatic carbocycles. The number of carbonyl (C=O) groups is 1. The van der Waals surface area contributed by atoms with Gasteiger partial charge in [-0.15, -0.1) is 0 Å². The molecule has 10 heteroatoms. The Balaban J connectivity index is 1.41. The summed E-state index contributed by atoms with van der Waals surface area (Å²) in [5.74, 6) is 2.28. The summed E-state index contributed by atoms with van der Waals surface area (Å²) in [7, 11) is 0. The number of nitrogens with one attached hydrogen (secondary N) is 1. The molecule has 31 heavy (non-hydrogen) atoms. The summed E-state index contributed by atoms with van der Waals surface area (Å²) in [5, 5.41) is 9.03. The lowest BCUT2D eigenvalue weighted by molar-refractivity contribution is -0.123. The molecule has 2 aromatic heterocycles. The topological polar surface area (TPSA) is 94.4 Å². The third-order valence-electron chi connectivity index (χ3n) is 4.80. The molecule has 1 N–H and O–H groups in total. The van der Waals surface area contributed by atoms with Crippen molar-refractivity contribution in [2.45, 2.75) is 18.6 Å². The van der Waals surface area contributed by atoms with Gasteiger partial charge in [-0.25, -0.2) is 14.6 Å². The van der Waals surface area contributed by atoms with Crippen LogP contribution < -0.4 is 15.0 Å². The zero-order valence-corrected chi connectivity index (χ0v) is 18.3. The first-order valence-electron chi connectivity index (χ1n) is 10.4. The molecule has 1 saturated heterocycles. The van der Waals surface area contributed by atoms with E-state index in [1.54, 1.807) is 18.0 Å². The quantitative estimate of drug-likeness (QED) is 0.397. The molecule has 1 aliphatic rings. The van der Waals surface area contributed by atoms with Crippen LogP contribution in [0.2, 0.25) is 0 Å². The van der Waals surface area contributed by atoms with Gasteiger partial charge in [-0.3, -0.25) is 4.79 Å². The first-order valence-corrected chi connectivity index (χ1v) is 11.4. The second-order valence-corrected chi connectivity index (χ2v) is 8.15. The minimum atomic E-state index is -0.175. The lowest BCUT2D eigenvalue weighted by atomic mass is 10.3. The number of nitrogens with zero attached hydrogens (tertiary/aromatic N) is 5. The number of ether oxygens (including phenoxy) is 2. The molecule has 9 nitrogen and oxygen atoms in total. The van der Waals surface area contributed by atoms with Crippen LogP contribution in [0.15, 0.2) is 41.7 Å². The van der Waals surface area contributed by atoms with Crippen LogP contribution in [-0.4, -0.2) is 70.9 Å². The van der Waals surface area contributed by atoms with Crippen molar-refractivity contribution in [3.05, 3.63) is 36.5 Å². The van der Waals surface area contributed by atoms with Gasteiger partial charge in [0, 0.05) is 19.6 Å². The summed E-state index contributed by atoms with van der Waals surface area (Å²) >= 11 is 1.61. The Labute approximate surface area is 185 Å². The molecule has 3 aromatic rings. The van der Waals surface area contributed by atoms with Crippen molar-refractivity contribution in [3.8, 4) is 5.75 Å². The first-order chi connectivity index (χ1) is 15.2. The van der Waals surface area contributed by atoms with Gasteiger partial charge in [-0.2, -0.15) is 5.10 Å². The number of aromatic nitrogens is 4. The molecule has 3 heterocycles. The molecule has 0 atom stereocenters. The second-order valence-electron chi connectivity index (χ2n) is 6.92. The van der Waals surface area contributed by atoms with Crippen molar-refractivity contribution >= 4 is 34.5 Å². The number of benzene rings is 1. The molecule has 164 valence electrons. The monoisotopic (exact) mass is 442 g/mol. The van der Waals surface area contributed by atoms with E-state index < -0.39 is 0 Å². The van der Waals surface area contributed by atoms with E-state index in [0.717, 1.165) is 40.9 Å². The minimum Gasteiger partial charge on any atom is -0.484 e. The zero-order valence-electron chi connectivity index (χ0n) is 17.5. The number of anilines is 1. The number of amides is 1. The number of carbonyl (C=O) groups excluding carboxylic acids is 1. The Morgan fingerprint density at radius 3 is 2.81 bits per heavy atom. The Morgan fingerprint density at radius 1 is 1.23 bits per heavy atom. The zero-order chi connectivity index (χ0) is 21.5. The van der Waals surface area contributed by atoms with Gasteiger partial charge in [0.05, 0.1) is 31.3 Å². The van der Waals surface area contributed by atoms with Crippen molar-refractivity contribution in [1.29, 1.82) is 0 Å². The highest BCUT2D eigenvalue weighted by Gasteiger charge is 2.20. The SMILES string of the molecule is CCSc1nc(N2CCOCC2)c2cnn(CCNC(=O)COc3ccccc3)c2n1. The van der Waals surface area contributed by atoms with Gasteiger partial charge in [-0.05, 0) is 17.9 Å². The average Bonchev–Trinajstić information content (AvgIpc) is 3.21. The maximum atomic E-state index is 12.1. The van der Waals surface area contributed by atoms with Crippen LogP contribution in [0, 0.1) is 0 Å². The van der Waals surface area contributed by atoms with E-state index in [9.17, 15) is 4.79 Å². The molecule has 1 amide bonds. The van der Waals surface area contributed by atoms with E-state index in [2.05, 4.69) is 22.2 Å². The van der Waals surface area contributed by atoms with E-state index in [1.165, 1.54) is 0 Å². The van der Waals surface area contributed by atoms with E-state index in [0.29, 0.717) is 32.1 Å². The molecule has 0 bridgehead atoms. The van der Waals surface area contributed by atoms with Crippen LogP contribution in [0.1, 0.15) is 6.92 Å². The molecule has 1 aliphatic heterocycles. The van der Waals surface area contributed by atoms with Crippen molar-refractivity contribution in [1.82, 2.24) is 25.1 Å². The van der Waals surface area contributed by atoms with Gasteiger partial charge >= 0.3 is 0 Å². The van der Waals surface area contributed by atoms with Gasteiger partial charge in [-0.1, -0.05) is 36.9 Å². The van der Waals surface area contributed by atoms with Crippen LogP contribution in [0.4, 0.5) is 5.82 Å². The third kappa shape index (κ3) is 5.45. The van der Waals surface area contributed by atoms with Gasteiger partial charge in [0.2, 0.25) is 0 Å². The van der Waals surface area contributed by atoms with E-state index >= 15 is 0 Å². The number of rotatable bonds is 9. The molecule has 1 fully saturated rings. The van der Waals surface area contributed by atoms with Crippen molar-refractivity contribution < 1.29 is 14.3 Å². The Morgan fingerprint density at radius 2 is 2.03 bits per heavy atom. The highest BCUT2D eigenvalue weighted by Crippen LogP contribution is 2.27. The normalized spacial score (nSPS) is 14.0. The smallest absolute Gasteiger partial charge is 0.258 e. The summed E-state index contributed by atoms with van der Waals surface area (Å²) in [6.07, 6.45) is 1.81. The molecular formula is C21H26N6O3S. The highest BCUT2D eigenvalue weighted by atomic mass is 32.2. The summed E-state index contributed by atoms with van der Waals surface area (Å²) in [5.41, 5.74) is 0.780. The van der Waals surface area contributed by atoms with Crippen molar-refractivity contribution in [2.75, 3.05) is 50.1 Å². The van der Waals surface area contributed by atoms with E-state index in [-0.39, 0.29) is 12.5 Å². The Bertz CT molecular complexity index is 1010. The first kappa shape index (κ1) is 21.4. The van der Waals surface area contributed by atoms with Gasteiger partial charge < -0.3 is 19.7 Å². The van der Waals surface area contributed by atoms with Gasteiger partial charge in [0.1, 0.15) is 11.6 Å². The van der Waals surface area contributed by atoms with Crippen molar-refractivity contribution in [3.63, 3.8) is 0 Å². The number of thioether (sulfide) groups is 1. The number of para-hydroxylation sites is 1. The molecule has 0 radical (unpaired) electrons. The summed E-state index contributed by atoms with van der Waals surface area (Å²) in [6, 6.07) is 9.28. The maximum absolute atomic E-state index is 12.1. The Hall–Kier alpha value is -2.85. The number of fused-ring (bicyclic) bond motifs is 1. The highest BCUT2D eigenvalue weighted by molar-refractivity contribution is 7.99. The second kappa shape index (κ2) is 10.5. The average molecular weight is 443 g/mol. The fraction of sp³-hybridized carbons (Fsp3) is 0.429. The van der Waals surface area contributed by atoms with E-state index in [1.807, 2.05) is 35.0 Å². The van der Waals surface area contributed by atoms with Crippen LogP contribution in [0.5, 0.6) is 5.75 Å². The number of hydrogen-bond donors (Lipinski definition) is 1. The predicted molar refractivity (Wildman–Crippen MR) is 120 cm³/mol. The summed E-state index contributed by atoms with van der Waals surface area (Å²) < 4.78 is 12.8. The molecule has 0 saturated carbocycles. The largest absolute Gasteiger partial charge is 0.484 e.